The largest absolute Gasteiger partial charge is 0.508 e. The van der Waals surface area contributed by atoms with Crippen LogP contribution in [0.2, 0.25) is 0 Å². The van der Waals surface area contributed by atoms with Crippen molar-refractivity contribution in [2.75, 3.05) is 16.8 Å². The molecule has 0 saturated heterocycles. The molecular weight excluding hydrogens is 428 g/mol. The molecule has 2 aromatic carbocycles. The van der Waals surface area contributed by atoms with Crippen molar-refractivity contribution < 1.29 is 20.1 Å². The van der Waals surface area contributed by atoms with E-state index in [1.54, 1.807) is 12.1 Å². The Morgan fingerprint density at radius 1 is 1.00 bits per heavy atom. The van der Waals surface area contributed by atoms with E-state index < -0.39 is 0 Å². The van der Waals surface area contributed by atoms with E-state index in [1.165, 1.54) is 54.4 Å². The van der Waals surface area contributed by atoms with Crippen LogP contribution in [0, 0.1) is 11.8 Å². The SMILES string of the molecule is C/C(=C\CN1C(=O)c2cccc(O)c2Nc2c(O)cc(O)cc21)CCCC(C)CCCC(C)C. The molecule has 0 spiro atoms. The summed E-state index contributed by atoms with van der Waals surface area (Å²) in [6.45, 7) is 9.23. The number of para-hydroxylation sites is 1. The quantitative estimate of drug-likeness (QED) is 0.170. The monoisotopic (exact) mass is 466 g/mol. The van der Waals surface area contributed by atoms with Gasteiger partial charge in [-0.25, -0.2) is 0 Å². The van der Waals surface area contributed by atoms with E-state index in [-0.39, 0.29) is 34.5 Å². The number of hydrogen-bond acceptors (Lipinski definition) is 5. The molecular formula is C28H38N2O4. The number of phenols is 3. The van der Waals surface area contributed by atoms with Crippen LogP contribution in [0.4, 0.5) is 17.1 Å². The number of anilines is 3. The minimum Gasteiger partial charge on any atom is -0.508 e. The van der Waals surface area contributed by atoms with Crippen molar-refractivity contribution in [2.45, 2.75) is 66.2 Å². The molecule has 0 radical (unpaired) electrons. The molecule has 0 aliphatic carbocycles. The first kappa shape index (κ1) is 25.5. The molecule has 1 amide bonds. The van der Waals surface area contributed by atoms with Crippen LogP contribution in [-0.2, 0) is 0 Å². The average Bonchev–Trinajstić information content (AvgIpc) is 2.87. The summed E-state index contributed by atoms with van der Waals surface area (Å²) in [6.07, 6.45) is 9.13. The number of nitrogens with one attached hydrogen (secondary N) is 1. The zero-order chi connectivity index (χ0) is 24.8. The van der Waals surface area contributed by atoms with Gasteiger partial charge in [-0.1, -0.05) is 64.2 Å². The second kappa shape index (κ2) is 11.3. The first-order valence-electron chi connectivity index (χ1n) is 12.3. The van der Waals surface area contributed by atoms with Crippen LogP contribution in [0.15, 0.2) is 42.0 Å². The Morgan fingerprint density at radius 3 is 2.47 bits per heavy atom. The van der Waals surface area contributed by atoms with Gasteiger partial charge < -0.3 is 25.5 Å². The highest BCUT2D eigenvalue weighted by Gasteiger charge is 2.29. The first-order valence-corrected chi connectivity index (χ1v) is 12.3. The highest BCUT2D eigenvalue weighted by atomic mass is 16.3. The standard InChI is InChI=1S/C28H38N2O4/c1-18(2)8-5-9-19(3)10-6-11-20(4)14-15-30-23-16-21(31)17-25(33)27(23)29-26-22(28(30)34)12-7-13-24(26)32/h7,12-14,16-19,29,31-33H,5-6,8-11,15H2,1-4H3/b20-14+. The van der Waals surface area contributed by atoms with Crippen molar-refractivity contribution in [3.05, 3.63) is 47.5 Å². The summed E-state index contributed by atoms with van der Waals surface area (Å²) in [5.74, 6) is 0.741. The number of carbonyl (C=O) groups is 1. The Bertz CT molecular complexity index is 1040. The summed E-state index contributed by atoms with van der Waals surface area (Å²) in [6, 6.07) is 7.40. The fourth-order valence-corrected chi connectivity index (χ4v) is 4.45. The van der Waals surface area contributed by atoms with Crippen molar-refractivity contribution >= 4 is 23.0 Å². The molecule has 1 unspecified atom stereocenters. The minimum atomic E-state index is -0.315. The van der Waals surface area contributed by atoms with E-state index in [2.05, 4.69) is 33.0 Å². The summed E-state index contributed by atoms with van der Waals surface area (Å²) in [5, 5.41) is 33.9. The van der Waals surface area contributed by atoms with Gasteiger partial charge in [0.2, 0.25) is 0 Å². The van der Waals surface area contributed by atoms with Crippen molar-refractivity contribution in [3.63, 3.8) is 0 Å². The molecule has 1 heterocycles. The van der Waals surface area contributed by atoms with Gasteiger partial charge in [-0.2, -0.15) is 0 Å². The van der Waals surface area contributed by atoms with E-state index in [0.29, 0.717) is 23.7 Å². The number of phenolic OH excluding ortho intramolecular Hbond substituents is 3. The molecule has 0 bridgehead atoms. The minimum absolute atomic E-state index is 0.0830. The third kappa shape index (κ3) is 6.25. The molecule has 184 valence electrons. The third-order valence-corrected chi connectivity index (χ3v) is 6.51. The lowest BCUT2D eigenvalue weighted by Crippen LogP contribution is -2.30. The van der Waals surface area contributed by atoms with Crippen molar-refractivity contribution in [1.29, 1.82) is 0 Å². The van der Waals surface area contributed by atoms with Gasteiger partial charge in [-0.15, -0.1) is 0 Å². The van der Waals surface area contributed by atoms with E-state index in [9.17, 15) is 20.1 Å². The van der Waals surface area contributed by atoms with E-state index in [4.69, 9.17) is 0 Å². The van der Waals surface area contributed by atoms with Crippen LogP contribution in [0.25, 0.3) is 0 Å². The van der Waals surface area contributed by atoms with E-state index in [1.807, 2.05) is 6.08 Å². The van der Waals surface area contributed by atoms with Gasteiger partial charge in [0.05, 0.1) is 16.9 Å². The molecule has 3 rings (SSSR count). The van der Waals surface area contributed by atoms with Crippen LogP contribution >= 0.6 is 0 Å². The topological polar surface area (TPSA) is 93.0 Å². The number of carbonyl (C=O) groups excluding carboxylic acids is 1. The van der Waals surface area contributed by atoms with Gasteiger partial charge in [0, 0.05) is 18.7 Å². The van der Waals surface area contributed by atoms with Crippen LogP contribution in [0.3, 0.4) is 0 Å². The van der Waals surface area contributed by atoms with Gasteiger partial charge in [-0.3, -0.25) is 4.79 Å². The lowest BCUT2D eigenvalue weighted by atomic mass is 9.94. The number of aromatic hydroxyl groups is 3. The van der Waals surface area contributed by atoms with Crippen molar-refractivity contribution in [1.82, 2.24) is 0 Å². The molecule has 6 heteroatoms. The number of benzene rings is 2. The van der Waals surface area contributed by atoms with Gasteiger partial charge in [0.15, 0.2) is 0 Å². The van der Waals surface area contributed by atoms with Crippen LogP contribution in [-0.4, -0.2) is 27.8 Å². The fourth-order valence-electron chi connectivity index (χ4n) is 4.45. The molecule has 1 aliphatic heterocycles. The van der Waals surface area contributed by atoms with Gasteiger partial charge >= 0.3 is 0 Å². The van der Waals surface area contributed by atoms with Gasteiger partial charge in [0.25, 0.3) is 5.91 Å². The summed E-state index contributed by atoms with van der Waals surface area (Å²) in [5.41, 5.74) is 2.37. The molecule has 6 nitrogen and oxygen atoms in total. The normalized spacial score (nSPS) is 14.4. The zero-order valence-electron chi connectivity index (χ0n) is 20.8. The van der Waals surface area contributed by atoms with Crippen molar-refractivity contribution in [2.24, 2.45) is 11.8 Å². The number of fused-ring (bicyclic) bond motifs is 2. The number of nitrogens with zero attached hydrogens (tertiary/aromatic N) is 1. The molecule has 0 aromatic heterocycles. The summed E-state index contributed by atoms with van der Waals surface area (Å²) >= 11 is 0. The maximum absolute atomic E-state index is 13.4. The van der Waals surface area contributed by atoms with Crippen LogP contribution in [0.5, 0.6) is 17.2 Å². The highest BCUT2D eigenvalue weighted by Crippen LogP contribution is 2.45. The van der Waals surface area contributed by atoms with Crippen molar-refractivity contribution in [3.8, 4) is 17.2 Å². The summed E-state index contributed by atoms with van der Waals surface area (Å²) < 4.78 is 0. The Morgan fingerprint density at radius 2 is 1.74 bits per heavy atom. The lowest BCUT2D eigenvalue weighted by Gasteiger charge is -2.22. The zero-order valence-corrected chi connectivity index (χ0v) is 20.8. The number of hydrogen-bond donors (Lipinski definition) is 4. The second-order valence-corrected chi connectivity index (χ2v) is 9.97. The Balaban J connectivity index is 1.73. The predicted molar refractivity (Wildman–Crippen MR) is 138 cm³/mol. The molecule has 1 aliphatic rings. The molecule has 1 atom stereocenters. The summed E-state index contributed by atoms with van der Waals surface area (Å²) in [4.78, 5) is 14.9. The Hall–Kier alpha value is -3.15. The molecule has 2 aromatic rings. The van der Waals surface area contributed by atoms with Crippen LogP contribution in [0.1, 0.15) is 76.6 Å². The second-order valence-electron chi connectivity index (χ2n) is 9.97. The fraction of sp³-hybridized carbons (Fsp3) is 0.464. The first-order chi connectivity index (χ1) is 16.2. The average molecular weight is 467 g/mol. The lowest BCUT2D eigenvalue weighted by molar-refractivity contribution is 0.0991. The molecule has 34 heavy (non-hydrogen) atoms. The van der Waals surface area contributed by atoms with E-state index >= 15 is 0 Å². The summed E-state index contributed by atoms with van der Waals surface area (Å²) in [7, 11) is 0. The molecule has 4 N–H and O–H groups in total. The Kier molecular flexibility index (Phi) is 8.48. The highest BCUT2D eigenvalue weighted by molar-refractivity contribution is 6.15. The number of rotatable bonds is 10. The predicted octanol–water partition coefficient (Wildman–Crippen LogP) is 7.09. The third-order valence-electron chi connectivity index (χ3n) is 6.51. The van der Waals surface area contributed by atoms with Gasteiger partial charge in [0.1, 0.15) is 22.9 Å². The number of amides is 1. The van der Waals surface area contributed by atoms with Crippen LogP contribution < -0.4 is 10.2 Å². The Labute approximate surface area is 202 Å². The van der Waals surface area contributed by atoms with Gasteiger partial charge in [-0.05, 0) is 43.7 Å². The maximum atomic E-state index is 13.4. The maximum Gasteiger partial charge on any atom is 0.260 e. The molecule has 0 fully saturated rings. The number of allylic oxidation sites excluding steroid dienone is 1. The van der Waals surface area contributed by atoms with E-state index in [0.717, 1.165) is 18.8 Å². The molecule has 0 saturated carbocycles. The smallest absolute Gasteiger partial charge is 0.260 e.